The van der Waals surface area contributed by atoms with E-state index in [1.165, 1.54) is 6.07 Å². The van der Waals surface area contributed by atoms with Crippen molar-refractivity contribution < 1.29 is 0 Å². The van der Waals surface area contributed by atoms with Gasteiger partial charge in [0.1, 0.15) is 5.65 Å². The molecule has 1 N–H and O–H groups in total. The van der Waals surface area contributed by atoms with Crippen molar-refractivity contribution in [2.24, 2.45) is 0 Å². The quantitative estimate of drug-likeness (QED) is 0.614. The minimum absolute atomic E-state index is 0.152. The number of fused-ring (bicyclic) bond motifs is 1. The Morgan fingerprint density at radius 1 is 0.826 bits per heavy atom. The first-order chi connectivity index (χ1) is 11.3. The van der Waals surface area contributed by atoms with Crippen molar-refractivity contribution in [1.82, 2.24) is 15.0 Å². The molecule has 0 atom stereocenters. The van der Waals surface area contributed by atoms with E-state index in [9.17, 15) is 4.79 Å². The van der Waals surface area contributed by atoms with Gasteiger partial charge in [0.25, 0.3) is 0 Å². The Morgan fingerprint density at radius 2 is 1.61 bits per heavy atom. The first kappa shape index (κ1) is 13.4. The average molecular weight is 299 g/mol. The first-order valence-corrected chi connectivity index (χ1v) is 7.31. The third kappa shape index (κ3) is 2.51. The second-order valence-corrected chi connectivity index (χ2v) is 5.25. The van der Waals surface area contributed by atoms with Gasteiger partial charge >= 0.3 is 0 Å². The predicted molar refractivity (Wildman–Crippen MR) is 91.0 cm³/mol. The van der Waals surface area contributed by atoms with E-state index < -0.39 is 0 Å². The first-order valence-electron chi connectivity index (χ1n) is 7.31. The summed E-state index contributed by atoms with van der Waals surface area (Å²) in [5.41, 5.74) is 4.34. The molecule has 1 aromatic carbocycles. The maximum absolute atomic E-state index is 11.6. The molecule has 4 rings (SSSR count). The van der Waals surface area contributed by atoms with Crippen LogP contribution in [0.15, 0.2) is 77.9 Å². The van der Waals surface area contributed by atoms with Crippen LogP contribution >= 0.6 is 0 Å². The second kappa shape index (κ2) is 5.50. The lowest BCUT2D eigenvalue weighted by Crippen LogP contribution is -2.04. The third-order valence-corrected chi connectivity index (χ3v) is 3.75. The van der Waals surface area contributed by atoms with Gasteiger partial charge in [-0.25, -0.2) is 4.98 Å². The Bertz CT molecular complexity index is 1020. The molecular formula is C19H13N3O. The molecule has 0 saturated heterocycles. The number of aromatic nitrogens is 3. The van der Waals surface area contributed by atoms with Gasteiger partial charge in [-0.15, -0.1) is 0 Å². The number of H-pyrrole nitrogens is 1. The monoisotopic (exact) mass is 299 g/mol. The molecule has 0 bridgehead atoms. The molecule has 0 radical (unpaired) electrons. The minimum Gasteiger partial charge on any atom is -0.307 e. The summed E-state index contributed by atoms with van der Waals surface area (Å²) in [7, 11) is 0. The fourth-order valence-corrected chi connectivity index (χ4v) is 2.65. The summed E-state index contributed by atoms with van der Waals surface area (Å²) < 4.78 is 0. The van der Waals surface area contributed by atoms with E-state index in [4.69, 9.17) is 4.98 Å². The van der Waals surface area contributed by atoms with E-state index in [-0.39, 0.29) is 5.56 Å². The summed E-state index contributed by atoms with van der Waals surface area (Å²) in [6.07, 6.45) is 3.53. The predicted octanol–water partition coefficient (Wildman–Crippen LogP) is 3.65. The van der Waals surface area contributed by atoms with E-state index in [1.807, 2.05) is 42.5 Å². The molecule has 0 spiro atoms. The third-order valence-electron chi connectivity index (χ3n) is 3.75. The van der Waals surface area contributed by atoms with Gasteiger partial charge in [0.05, 0.1) is 5.69 Å². The smallest absolute Gasteiger partial charge is 0.249 e. The number of pyridine rings is 3. The van der Waals surface area contributed by atoms with Crippen LogP contribution in [0.1, 0.15) is 0 Å². The fraction of sp³-hybridized carbons (Fsp3) is 0. The summed E-state index contributed by atoms with van der Waals surface area (Å²) in [6, 6.07) is 19.2. The molecule has 4 nitrogen and oxygen atoms in total. The van der Waals surface area contributed by atoms with Gasteiger partial charge in [0.15, 0.2) is 0 Å². The highest BCUT2D eigenvalue weighted by atomic mass is 16.1. The highest BCUT2D eigenvalue weighted by Crippen LogP contribution is 2.32. The SMILES string of the molecule is O=c1ccc2cc(-c3ccncc3)c(-c3ccccc3)nc2[nH]1. The average Bonchev–Trinajstić information content (AvgIpc) is 2.62. The van der Waals surface area contributed by atoms with E-state index in [2.05, 4.69) is 16.0 Å². The largest absolute Gasteiger partial charge is 0.307 e. The molecule has 0 fully saturated rings. The lowest BCUT2D eigenvalue weighted by atomic mass is 9.99. The van der Waals surface area contributed by atoms with Gasteiger partial charge in [0.2, 0.25) is 5.56 Å². The van der Waals surface area contributed by atoms with Crippen molar-refractivity contribution in [1.29, 1.82) is 0 Å². The number of rotatable bonds is 2. The van der Waals surface area contributed by atoms with E-state index >= 15 is 0 Å². The number of hydrogen-bond donors (Lipinski definition) is 1. The van der Waals surface area contributed by atoms with Crippen molar-refractivity contribution in [3.63, 3.8) is 0 Å². The molecule has 110 valence electrons. The standard InChI is InChI=1S/C19H13N3O/c23-17-7-6-15-12-16(13-8-10-20-11-9-13)18(22-19(15)21-17)14-4-2-1-3-5-14/h1-12H,(H,21,22,23). The lowest BCUT2D eigenvalue weighted by molar-refractivity contribution is 1.23. The topological polar surface area (TPSA) is 58.6 Å². The highest BCUT2D eigenvalue weighted by molar-refractivity contribution is 5.89. The summed E-state index contributed by atoms with van der Waals surface area (Å²) in [6.45, 7) is 0. The van der Waals surface area contributed by atoms with E-state index in [0.29, 0.717) is 5.65 Å². The number of aromatic amines is 1. The maximum Gasteiger partial charge on any atom is 0.249 e. The highest BCUT2D eigenvalue weighted by Gasteiger charge is 2.11. The Labute approximate surface area is 132 Å². The Hall–Kier alpha value is -3.27. The zero-order chi connectivity index (χ0) is 15.6. The maximum atomic E-state index is 11.6. The molecule has 4 aromatic rings. The summed E-state index contributed by atoms with van der Waals surface area (Å²) >= 11 is 0. The Balaban J connectivity index is 2.06. The van der Waals surface area contributed by atoms with Gasteiger partial charge in [-0.05, 0) is 29.8 Å². The summed E-state index contributed by atoms with van der Waals surface area (Å²) in [4.78, 5) is 23.2. The van der Waals surface area contributed by atoms with Crippen LogP contribution < -0.4 is 5.56 Å². The van der Waals surface area contributed by atoms with Crippen LogP contribution in [0.2, 0.25) is 0 Å². The molecule has 0 aliphatic heterocycles. The van der Waals surface area contributed by atoms with Gasteiger partial charge in [0, 0.05) is 35.0 Å². The van der Waals surface area contributed by atoms with Crippen LogP contribution in [0.3, 0.4) is 0 Å². The van der Waals surface area contributed by atoms with Gasteiger partial charge in [-0.2, -0.15) is 0 Å². The van der Waals surface area contributed by atoms with Crippen molar-refractivity contribution in [2.75, 3.05) is 0 Å². The fourth-order valence-electron chi connectivity index (χ4n) is 2.65. The van der Waals surface area contributed by atoms with Crippen LogP contribution in [0.4, 0.5) is 0 Å². The number of nitrogens with zero attached hydrogens (tertiary/aromatic N) is 2. The Morgan fingerprint density at radius 3 is 2.39 bits per heavy atom. The van der Waals surface area contributed by atoms with Crippen molar-refractivity contribution >= 4 is 11.0 Å². The van der Waals surface area contributed by atoms with Crippen LogP contribution in [0.25, 0.3) is 33.4 Å². The summed E-state index contributed by atoms with van der Waals surface area (Å²) in [5, 5.41) is 0.899. The molecule has 0 aliphatic rings. The zero-order valence-corrected chi connectivity index (χ0v) is 12.2. The van der Waals surface area contributed by atoms with Crippen molar-refractivity contribution in [3.05, 3.63) is 83.4 Å². The van der Waals surface area contributed by atoms with E-state index in [1.54, 1.807) is 18.5 Å². The summed E-state index contributed by atoms with van der Waals surface area (Å²) in [5.74, 6) is 0. The van der Waals surface area contributed by atoms with Crippen LogP contribution in [0.5, 0.6) is 0 Å². The minimum atomic E-state index is -0.152. The zero-order valence-electron chi connectivity index (χ0n) is 12.2. The molecule has 0 aliphatic carbocycles. The molecule has 0 amide bonds. The molecule has 3 aromatic heterocycles. The van der Waals surface area contributed by atoms with Crippen LogP contribution in [-0.2, 0) is 0 Å². The molecule has 3 heterocycles. The molecule has 4 heteroatoms. The number of benzene rings is 1. The van der Waals surface area contributed by atoms with Gasteiger partial charge in [-0.1, -0.05) is 30.3 Å². The normalized spacial score (nSPS) is 10.8. The molecular weight excluding hydrogens is 286 g/mol. The molecule has 23 heavy (non-hydrogen) atoms. The number of hydrogen-bond acceptors (Lipinski definition) is 3. The van der Waals surface area contributed by atoms with Crippen LogP contribution in [-0.4, -0.2) is 15.0 Å². The van der Waals surface area contributed by atoms with Crippen molar-refractivity contribution in [3.8, 4) is 22.4 Å². The molecule has 0 unspecified atom stereocenters. The van der Waals surface area contributed by atoms with Gasteiger partial charge in [-0.3, -0.25) is 9.78 Å². The van der Waals surface area contributed by atoms with Crippen molar-refractivity contribution in [2.45, 2.75) is 0 Å². The second-order valence-electron chi connectivity index (χ2n) is 5.25. The van der Waals surface area contributed by atoms with E-state index in [0.717, 1.165) is 27.8 Å². The van der Waals surface area contributed by atoms with Gasteiger partial charge < -0.3 is 4.98 Å². The lowest BCUT2D eigenvalue weighted by Gasteiger charge is -2.11. The number of nitrogens with one attached hydrogen (secondary N) is 1. The Kier molecular flexibility index (Phi) is 3.20. The molecule has 0 saturated carbocycles. The van der Waals surface area contributed by atoms with Crippen LogP contribution in [0, 0.1) is 0 Å².